The first kappa shape index (κ1) is 14.4. The molecule has 0 aliphatic heterocycles. The number of hydrogen-bond donors (Lipinski definition) is 0. The topological polar surface area (TPSA) is 17.1 Å². The van der Waals surface area contributed by atoms with E-state index in [1.807, 2.05) is 58.0 Å². The van der Waals surface area contributed by atoms with Gasteiger partial charge in [0.25, 0.3) is 0 Å². The molecular weight excluding hydrogens is 160 g/mol. The van der Waals surface area contributed by atoms with E-state index >= 15 is 0 Å². The van der Waals surface area contributed by atoms with E-state index < -0.39 is 0 Å². The van der Waals surface area contributed by atoms with Crippen molar-refractivity contribution in [3.63, 3.8) is 0 Å². The van der Waals surface area contributed by atoms with Gasteiger partial charge in [0.2, 0.25) is 0 Å². The Balaban J connectivity index is 0. The van der Waals surface area contributed by atoms with Crippen molar-refractivity contribution < 1.29 is 4.79 Å². The zero-order valence-electron chi connectivity index (χ0n) is 9.29. The average Bonchev–Trinajstić information content (AvgIpc) is 2.25. The number of carbonyl (C=O) groups is 1. The molecule has 0 atom stereocenters. The Morgan fingerprint density at radius 2 is 1.31 bits per heavy atom. The predicted molar refractivity (Wildman–Crippen MR) is 59.1 cm³/mol. The lowest BCUT2D eigenvalue weighted by atomic mass is 10.2. The van der Waals surface area contributed by atoms with Crippen molar-refractivity contribution in [2.75, 3.05) is 0 Å². The molecule has 13 heavy (non-hydrogen) atoms. The Morgan fingerprint density at radius 3 is 1.54 bits per heavy atom. The van der Waals surface area contributed by atoms with Crippen LogP contribution in [0.5, 0.6) is 0 Å². The minimum atomic E-state index is 0.121. The van der Waals surface area contributed by atoms with E-state index in [1.165, 1.54) is 0 Å². The molecule has 74 valence electrons. The molecule has 1 nitrogen and oxygen atoms in total. The summed E-state index contributed by atoms with van der Waals surface area (Å²) in [4.78, 5) is 10.6. The standard InChI is InChI=1S/C8H8O.2C2H6/c1-7(9)8-5-3-2-4-6-8;2*1-2/h2-6H,1H3;2*1-2H3. The zero-order valence-corrected chi connectivity index (χ0v) is 9.29. The van der Waals surface area contributed by atoms with Crippen molar-refractivity contribution in [2.45, 2.75) is 34.6 Å². The molecule has 0 aromatic heterocycles. The van der Waals surface area contributed by atoms with Crippen molar-refractivity contribution in [1.29, 1.82) is 0 Å². The number of benzene rings is 1. The van der Waals surface area contributed by atoms with Crippen LogP contribution >= 0.6 is 0 Å². The van der Waals surface area contributed by atoms with Crippen LogP contribution in [0, 0.1) is 0 Å². The largest absolute Gasteiger partial charge is 0.295 e. The number of hydrogen-bond acceptors (Lipinski definition) is 1. The van der Waals surface area contributed by atoms with Gasteiger partial charge in [-0.05, 0) is 6.92 Å². The number of ketones is 1. The van der Waals surface area contributed by atoms with Crippen LogP contribution < -0.4 is 0 Å². The van der Waals surface area contributed by atoms with Crippen molar-refractivity contribution in [3.8, 4) is 0 Å². The minimum absolute atomic E-state index is 0.121. The van der Waals surface area contributed by atoms with Crippen LogP contribution in [-0.2, 0) is 0 Å². The maximum atomic E-state index is 10.6. The highest BCUT2D eigenvalue weighted by Gasteiger charge is 1.92. The van der Waals surface area contributed by atoms with Gasteiger partial charge in [0.15, 0.2) is 5.78 Å². The van der Waals surface area contributed by atoms with Gasteiger partial charge in [0.1, 0.15) is 0 Å². The second-order valence-electron chi connectivity index (χ2n) is 1.92. The Morgan fingerprint density at radius 1 is 0.923 bits per heavy atom. The quantitative estimate of drug-likeness (QED) is 0.598. The Kier molecular flexibility index (Phi) is 12.1. The van der Waals surface area contributed by atoms with Crippen LogP contribution in [0.15, 0.2) is 30.3 Å². The monoisotopic (exact) mass is 180 g/mol. The van der Waals surface area contributed by atoms with Gasteiger partial charge in [-0.25, -0.2) is 0 Å². The normalized spacial score (nSPS) is 7.15. The summed E-state index contributed by atoms with van der Waals surface area (Å²) in [5.74, 6) is 0.121. The van der Waals surface area contributed by atoms with Gasteiger partial charge in [-0.15, -0.1) is 0 Å². The second-order valence-corrected chi connectivity index (χ2v) is 1.92. The first-order valence-electron chi connectivity index (χ1n) is 4.86. The average molecular weight is 180 g/mol. The summed E-state index contributed by atoms with van der Waals surface area (Å²) in [5, 5.41) is 0. The molecule has 0 N–H and O–H groups in total. The maximum absolute atomic E-state index is 10.6. The zero-order chi connectivity index (χ0) is 10.7. The molecule has 0 amide bonds. The molecule has 1 aromatic rings. The summed E-state index contributed by atoms with van der Waals surface area (Å²) < 4.78 is 0. The molecule has 0 heterocycles. The van der Waals surface area contributed by atoms with E-state index in [4.69, 9.17) is 0 Å². The van der Waals surface area contributed by atoms with Crippen LogP contribution in [0.2, 0.25) is 0 Å². The third kappa shape index (κ3) is 7.26. The smallest absolute Gasteiger partial charge is 0.159 e. The molecule has 0 bridgehead atoms. The molecule has 1 rings (SSSR count). The van der Waals surface area contributed by atoms with E-state index in [-0.39, 0.29) is 5.78 Å². The van der Waals surface area contributed by atoms with Gasteiger partial charge in [0, 0.05) is 5.56 Å². The van der Waals surface area contributed by atoms with E-state index in [0.29, 0.717) is 0 Å². The van der Waals surface area contributed by atoms with Crippen LogP contribution in [0.4, 0.5) is 0 Å². The molecule has 0 aliphatic carbocycles. The number of carbonyl (C=O) groups excluding carboxylic acids is 1. The predicted octanol–water partition coefficient (Wildman–Crippen LogP) is 3.94. The molecular formula is C12H20O. The fraction of sp³-hybridized carbons (Fsp3) is 0.417. The molecule has 0 radical (unpaired) electrons. The van der Waals surface area contributed by atoms with Gasteiger partial charge >= 0.3 is 0 Å². The molecule has 0 unspecified atom stereocenters. The molecule has 0 saturated heterocycles. The molecule has 0 saturated carbocycles. The highest BCUT2D eigenvalue weighted by Crippen LogP contribution is 1.97. The van der Waals surface area contributed by atoms with Gasteiger partial charge in [-0.2, -0.15) is 0 Å². The third-order valence-corrected chi connectivity index (χ3v) is 1.18. The summed E-state index contributed by atoms with van der Waals surface area (Å²) in [6.45, 7) is 9.56. The van der Waals surface area contributed by atoms with Crippen LogP contribution in [0.3, 0.4) is 0 Å². The summed E-state index contributed by atoms with van der Waals surface area (Å²) in [6, 6.07) is 9.23. The summed E-state index contributed by atoms with van der Waals surface area (Å²) in [5.41, 5.74) is 0.775. The highest BCUT2D eigenvalue weighted by atomic mass is 16.1. The van der Waals surface area contributed by atoms with Crippen LogP contribution in [-0.4, -0.2) is 5.78 Å². The van der Waals surface area contributed by atoms with Gasteiger partial charge < -0.3 is 0 Å². The van der Waals surface area contributed by atoms with Gasteiger partial charge in [-0.3, -0.25) is 4.79 Å². The molecule has 0 fully saturated rings. The van der Waals surface area contributed by atoms with E-state index in [0.717, 1.165) is 5.56 Å². The minimum Gasteiger partial charge on any atom is -0.295 e. The summed E-state index contributed by atoms with van der Waals surface area (Å²) in [7, 11) is 0. The Bertz CT molecular complexity index is 202. The molecule has 0 spiro atoms. The Hall–Kier alpha value is -1.11. The first-order valence-corrected chi connectivity index (χ1v) is 4.86. The van der Waals surface area contributed by atoms with Crippen LogP contribution in [0.1, 0.15) is 45.0 Å². The lowest BCUT2D eigenvalue weighted by molar-refractivity contribution is 0.101. The number of rotatable bonds is 1. The van der Waals surface area contributed by atoms with Gasteiger partial charge in [-0.1, -0.05) is 58.0 Å². The summed E-state index contributed by atoms with van der Waals surface area (Å²) >= 11 is 0. The molecule has 0 aliphatic rings. The van der Waals surface area contributed by atoms with Crippen molar-refractivity contribution in [3.05, 3.63) is 35.9 Å². The van der Waals surface area contributed by atoms with Gasteiger partial charge in [0.05, 0.1) is 0 Å². The maximum Gasteiger partial charge on any atom is 0.159 e. The molecule has 1 heteroatoms. The molecule has 1 aromatic carbocycles. The fourth-order valence-electron chi connectivity index (χ4n) is 0.673. The highest BCUT2D eigenvalue weighted by molar-refractivity contribution is 5.93. The lowest BCUT2D eigenvalue weighted by Crippen LogP contribution is -1.88. The number of Topliss-reactive ketones (excluding diaryl/α,β-unsaturated/α-hetero) is 1. The third-order valence-electron chi connectivity index (χ3n) is 1.18. The van der Waals surface area contributed by atoms with E-state index in [1.54, 1.807) is 6.92 Å². The first-order chi connectivity index (χ1) is 6.30. The second kappa shape index (κ2) is 10.9. The van der Waals surface area contributed by atoms with Crippen molar-refractivity contribution >= 4 is 5.78 Å². The van der Waals surface area contributed by atoms with Crippen LogP contribution in [0.25, 0.3) is 0 Å². The van der Waals surface area contributed by atoms with Crippen molar-refractivity contribution in [2.24, 2.45) is 0 Å². The van der Waals surface area contributed by atoms with E-state index in [2.05, 4.69) is 0 Å². The van der Waals surface area contributed by atoms with E-state index in [9.17, 15) is 4.79 Å². The fourth-order valence-corrected chi connectivity index (χ4v) is 0.673. The van der Waals surface area contributed by atoms with Crippen molar-refractivity contribution in [1.82, 2.24) is 0 Å². The summed E-state index contributed by atoms with van der Waals surface area (Å²) in [6.07, 6.45) is 0. The Labute approximate surface area is 81.8 Å². The SMILES string of the molecule is CC.CC.CC(=O)c1ccccc1. The lowest BCUT2D eigenvalue weighted by Gasteiger charge is -1.89.